The van der Waals surface area contributed by atoms with Crippen molar-refractivity contribution in [3.63, 3.8) is 0 Å². The zero-order valence-corrected chi connectivity index (χ0v) is 12.5. The fourth-order valence-corrected chi connectivity index (χ4v) is 4.17. The van der Waals surface area contributed by atoms with Crippen LogP contribution in [0.3, 0.4) is 0 Å². The van der Waals surface area contributed by atoms with Crippen molar-refractivity contribution in [2.75, 3.05) is 11.4 Å². The van der Waals surface area contributed by atoms with Crippen LogP contribution >= 0.6 is 12.2 Å². The maximum Gasteiger partial charge on any atom is 0.137 e. The molecule has 0 aromatic carbocycles. The molecule has 1 aliphatic carbocycles. The number of fused-ring (bicyclic) bond motifs is 1. The van der Waals surface area contributed by atoms with Gasteiger partial charge in [-0.3, -0.25) is 4.68 Å². The van der Waals surface area contributed by atoms with Gasteiger partial charge in [0, 0.05) is 19.6 Å². The van der Waals surface area contributed by atoms with Gasteiger partial charge in [-0.05, 0) is 32.1 Å². The molecule has 2 aliphatic rings. The summed E-state index contributed by atoms with van der Waals surface area (Å²) in [4.78, 5) is 2.98. The van der Waals surface area contributed by atoms with Crippen LogP contribution in [0.15, 0.2) is 0 Å². The molecule has 2 unspecified atom stereocenters. The lowest BCUT2D eigenvalue weighted by atomic mass is 9.85. The third-order valence-electron chi connectivity index (χ3n) is 4.72. The van der Waals surface area contributed by atoms with E-state index in [0.29, 0.717) is 11.0 Å². The van der Waals surface area contributed by atoms with Gasteiger partial charge in [0.1, 0.15) is 10.8 Å². The molecule has 1 aromatic heterocycles. The third-order valence-corrected chi connectivity index (χ3v) is 4.92. The van der Waals surface area contributed by atoms with Crippen LogP contribution in [0.4, 0.5) is 5.82 Å². The topological polar surface area (TPSA) is 47.1 Å². The minimum atomic E-state index is 0.472. The van der Waals surface area contributed by atoms with Crippen molar-refractivity contribution in [1.82, 2.24) is 9.78 Å². The second kappa shape index (κ2) is 4.78. The highest BCUT2D eigenvalue weighted by atomic mass is 32.1. The predicted octanol–water partition coefficient (Wildman–Crippen LogP) is 2.13. The van der Waals surface area contributed by atoms with Gasteiger partial charge in [-0.25, -0.2) is 0 Å². The molecule has 2 heterocycles. The summed E-state index contributed by atoms with van der Waals surface area (Å²) in [5.74, 6) is 1.99. The molecule has 0 amide bonds. The highest BCUT2D eigenvalue weighted by molar-refractivity contribution is 7.80. The molecule has 1 saturated carbocycles. The van der Waals surface area contributed by atoms with Crippen molar-refractivity contribution in [3.05, 3.63) is 11.3 Å². The summed E-state index contributed by atoms with van der Waals surface area (Å²) in [5.41, 5.74) is 7.84. The fraction of sp³-hybridized carbons (Fsp3) is 0.714. The van der Waals surface area contributed by atoms with Crippen LogP contribution in [0.5, 0.6) is 0 Å². The Balaban J connectivity index is 2.00. The van der Waals surface area contributed by atoms with Crippen LogP contribution in [-0.2, 0) is 7.05 Å². The minimum absolute atomic E-state index is 0.472. The molecule has 19 heavy (non-hydrogen) atoms. The van der Waals surface area contributed by atoms with Crippen molar-refractivity contribution in [2.45, 2.75) is 45.1 Å². The zero-order valence-electron chi connectivity index (χ0n) is 11.7. The number of nitrogens with zero attached hydrogens (tertiary/aromatic N) is 3. The molecule has 0 radical (unpaired) electrons. The normalized spacial score (nSPS) is 26.5. The maximum atomic E-state index is 5.92. The van der Waals surface area contributed by atoms with Gasteiger partial charge in [-0.2, -0.15) is 5.10 Å². The van der Waals surface area contributed by atoms with Crippen LogP contribution in [0, 0.1) is 12.8 Å². The molecule has 1 aliphatic heterocycles. The minimum Gasteiger partial charge on any atom is -0.389 e. The summed E-state index contributed by atoms with van der Waals surface area (Å²) in [5, 5.41) is 4.52. The Bertz CT molecular complexity index is 508. The van der Waals surface area contributed by atoms with Gasteiger partial charge in [0.2, 0.25) is 0 Å². The summed E-state index contributed by atoms with van der Waals surface area (Å²) in [6.07, 6.45) is 6.70. The van der Waals surface area contributed by atoms with Crippen molar-refractivity contribution < 1.29 is 0 Å². The number of aromatic nitrogens is 2. The Kier molecular flexibility index (Phi) is 3.25. The Morgan fingerprint density at radius 3 is 2.79 bits per heavy atom. The van der Waals surface area contributed by atoms with Crippen molar-refractivity contribution in [2.24, 2.45) is 18.7 Å². The molecule has 104 valence electrons. The van der Waals surface area contributed by atoms with Crippen LogP contribution in [0.2, 0.25) is 0 Å². The van der Waals surface area contributed by atoms with E-state index in [9.17, 15) is 0 Å². The summed E-state index contributed by atoms with van der Waals surface area (Å²) in [6.45, 7) is 3.11. The maximum absolute atomic E-state index is 5.92. The average Bonchev–Trinajstić information content (AvgIpc) is 2.89. The molecular formula is C14H22N4S. The van der Waals surface area contributed by atoms with E-state index in [1.807, 2.05) is 18.7 Å². The Morgan fingerprint density at radius 1 is 1.32 bits per heavy atom. The highest BCUT2D eigenvalue weighted by Gasteiger charge is 2.38. The van der Waals surface area contributed by atoms with Crippen LogP contribution in [0.1, 0.15) is 43.4 Å². The van der Waals surface area contributed by atoms with Crippen molar-refractivity contribution in [3.8, 4) is 0 Å². The molecule has 2 N–H and O–H groups in total. The van der Waals surface area contributed by atoms with Gasteiger partial charge >= 0.3 is 0 Å². The number of hydrogen-bond acceptors (Lipinski definition) is 3. The quantitative estimate of drug-likeness (QED) is 0.842. The standard InChI is InChI=1S/C14H22N4S/c1-9-12(13(15)19)14(17(2)16-9)18-8-7-10-5-3-4-6-11(10)18/h10-11H,3-8H2,1-2H3,(H2,15,19). The molecule has 4 nitrogen and oxygen atoms in total. The van der Waals surface area contributed by atoms with E-state index in [-0.39, 0.29) is 0 Å². The first-order valence-electron chi connectivity index (χ1n) is 7.19. The molecule has 3 rings (SSSR count). The van der Waals surface area contributed by atoms with E-state index < -0.39 is 0 Å². The number of hydrogen-bond donors (Lipinski definition) is 1. The van der Waals surface area contributed by atoms with E-state index in [0.717, 1.165) is 29.5 Å². The molecule has 1 saturated heterocycles. The van der Waals surface area contributed by atoms with Gasteiger partial charge < -0.3 is 10.6 Å². The number of thiocarbonyl (C=S) groups is 1. The molecule has 5 heteroatoms. The molecule has 2 fully saturated rings. The van der Waals surface area contributed by atoms with E-state index in [4.69, 9.17) is 18.0 Å². The van der Waals surface area contributed by atoms with E-state index >= 15 is 0 Å². The molecule has 1 aromatic rings. The smallest absolute Gasteiger partial charge is 0.137 e. The molecule has 0 bridgehead atoms. The molecule has 2 atom stereocenters. The van der Waals surface area contributed by atoms with Crippen LogP contribution in [0.25, 0.3) is 0 Å². The van der Waals surface area contributed by atoms with Crippen LogP contribution in [-0.4, -0.2) is 27.4 Å². The first kappa shape index (κ1) is 12.9. The van der Waals surface area contributed by atoms with Crippen LogP contribution < -0.4 is 10.6 Å². The monoisotopic (exact) mass is 278 g/mol. The lowest BCUT2D eigenvalue weighted by Crippen LogP contribution is -2.37. The highest BCUT2D eigenvalue weighted by Crippen LogP contribution is 2.40. The van der Waals surface area contributed by atoms with E-state index in [1.165, 1.54) is 32.1 Å². The molecular weight excluding hydrogens is 256 g/mol. The zero-order chi connectivity index (χ0) is 13.6. The van der Waals surface area contributed by atoms with Crippen molar-refractivity contribution in [1.29, 1.82) is 0 Å². The predicted molar refractivity (Wildman–Crippen MR) is 81.5 cm³/mol. The number of nitrogens with two attached hydrogens (primary N) is 1. The second-order valence-corrected chi connectivity index (χ2v) is 6.31. The number of aryl methyl sites for hydroxylation is 2. The Hall–Kier alpha value is -1.10. The van der Waals surface area contributed by atoms with E-state index in [2.05, 4.69) is 10.00 Å². The SMILES string of the molecule is Cc1nn(C)c(N2CCC3CCCCC32)c1C(N)=S. The average molecular weight is 278 g/mol. The fourth-order valence-electron chi connectivity index (χ4n) is 3.93. The van der Waals surface area contributed by atoms with Gasteiger partial charge in [0.15, 0.2) is 0 Å². The largest absolute Gasteiger partial charge is 0.389 e. The first-order chi connectivity index (χ1) is 9.09. The number of rotatable bonds is 2. The van der Waals surface area contributed by atoms with Gasteiger partial charge in [-0.15, -0.1) is 0 Å². The summed E-state index contributed by atoms with van der Waals surface area (Å²) in [7, 11) is 2.00. The van der Waals surface area contributed by atoms with E-state index in [1.54, 1.807) is 0 Å². The van der Waals surface area contributed by atoms with Gasteiger partial charge in [0.25, 0.3) is 0 Å². The van der Waals surface area contributed by atoms with Gasteiger partial charge in [-0.1, -0.05) is 25.1 Å². The Morgan fingerprint density at radius 2 is 2.05 bits per heavy atom. The lowest BCUT2D eigenvalue weighted by Gasteiger charge is -2.33. The molecule has 0 spiro atoms. The Labute approximate surface area is 119 Å². The second-order valence-electron chi connectivity index (χ2n) is 5.87. The summed E-state index contributed by atoms with van der Waals surface area (Å²) in [6, 6.07) is 0.664. The van der Waals surface area contributed by atoms with Gasteiger partial charge in [0.05, 0.1) is 11.3 Å². The first-order valence-corrected chi connectivity index (χ1v) is 7.60. The summed E-state index contributed by atoms with van der Waals surface area (Å²) >= 11 is 5.23. The lowest BCUT2D eigenvalue weighted by molar-refractivity contribution is 0.340. The van der Waals surface area contributed by atoms with Crippen molar-refractivity contribution >= 4 is 23.0 Å². The summed E-state index contributed by atoms with van der Waals surface area (Å²) < 4.78 is 1.96. The third kappa shape index (κ3) is 2.04. The number of anilines is 1.